The first-order chi connectivity index (χ1) is 14.3. The monoisotopic (exact) mass is 404 g/mol. The summed E-state index contributed by atoms with van der Waals surface area (Å²) < 4.78 is 5.71. The van der Waals surface area contributed by atoms with Crippen LogP contribution in [0.5, 0.6) is 0 Å². The van der Waals surface area contributed by atoms with E-state index in [9.17, 15) is 14.4 Å². The number of rotatable bonds is 2. The Hall–Kier alpha value is -2.49. The zero-order valence-corrected chi connectivity index (χ0v) is 17.6. The molecular formula is C26H28O4. The van der Waals surface area contributed by atoms with Crippen molar-refractivity contribution in [1.82, 2.24) is 0 Å². The van der Waals surface area contributed by atoms with Crippen molar-refractivity contribution in [2.75, 3.05) is 0 Å². The second kappa shape index (κ2) is 6.76. The maximum atomic E-state index is 12.8. The van der Waals surface area contributed by atoms with E-state index in [0.717, 1.165) is 31.3 Å². The smallest absolute Gasteiger partial charge is 0.343 e. The Morgan fingerprint density at radius 3 is 2.47 bits per heavy atom. The van der Waals surface area contributed by atoms with Gasteiger partial charge in [0.2, 0.25) is 0 Å². The van der Waals surface area contributed by atoms with Gasteiger partial charge in [0.25, 0.3) is 0 Å². The first-order valence-corrected chi connectivity index (χ1v) is 11.1. The molecular weight excluding hydrogens is 376 g/mol. The summed E-state index contributed by atoms with van der Waals surface area (Å²) in [7, 11) is 0. The van der Waals surface area contributed by atoms with E-state index in [2.05, 4.69) is 19.9 Å². The molecule has 0 N–H and O–H groups in total. The van der Waals surface area contributed by atoms with E-state index in [0.29, 0.717) is 41.9 Å². The molecule has 5 rings (SSSR count). The number of esters is 1. The van der Waals surface area contributed by atoms with E-state index in [1.807, 2.05) is 12.1 Å². The molecule has 5 atom stereocenters. The molecule has 4 heteroatoms. The molecule has 2 fully saturated rings. The number of Topliss-reactive ketones (excluding diaryl/α,β-unsaturated/α-hetero) is 2. The molecule has 30 heavy (non-hydrogen) atoms. The molecule has 4 aliphatic rings. The molecule has 0 heterocycles. The quantitative estimate of drug-likeness (QED) is 0.647. The number of hydrogen-bond acceptors (Lipinski definition) is 4. The number of carbonyl (C=O) groups is 3. The average Bonchev–Trinajstić information content (AvgIpc) is 3.06. The predicted molar refractivity (Wildman–Crippen MR) is 112 cm³/mol. The van der Waals surface area contributed by atoms with Gasteiger partial charge in [-0.2, -0.15) is 0 Å². The second-order valence-electron chi connectivity index (χ2n) is 9.91. The van der Waals surface area contributed by atoms with Crippen LogP contribution in [0.15, 0.2) is 53.8 Å². The van der Waals surface area contributed by atoms with E-state index in [1.54, 1.807) is 24.3 Å². The molecule has 156 valence electrons. The molecule has 0 bridgehead atoms. The van der Waals surface area contributed by atoms with Gasteiger partial charge < -0.3 is 4.74 Å². The third-order valence-electron chi connectivity index (χ3n) is 8.53. The fraction of sp³-hybridized carbons (Fsp3) is 0.500. The first kappa shape index (κ1) is 19.5. The summed E-state index contributed by atoms with van der Waals surface area (Å²) in [6.45, 7) is 4.38. The Kier molecular flexibility index (Phi) is 4.39. The molecule has 1 aromatic carbocycles. The summed E-state index contributed by atoms with van der Waals surface area (Å²) in [5.74, 6) is 1.18. The van der Waals surface area contributed by atoms with Crippen molar-refractivity contribution >= 4 is 17.5 Å². The summed E-state index contributed by atoms with van der Waals surface area (Å²) in [5, 5.41) is 0. The van der Waals surface area contributed by atoms with E-state index < -0.39 is 5.97 Å². The van der Waals surface area contributed by atoms with Gasteiger partial charge in [-0.05, 0) is 55.6 Å². The van der Waals surface area contributed by atoms with Gasteiger partial charge in [0.15, 0.2) is 11.5 Å². The van der Waals surface area contributed by atoms with E-state index in [-0.39, 0.29) is 22.4 Å². The lowest BCUT2D eigenvalue weighted by Crippen LogP contribution is -2.49. The molecule has 0 unspecified atom stereocenters. The summed E-state index contributed by atoms with van der Waals surface area (Å²) in [6.07, 6.45) is 8.95. The lowest BCUT2D eigenvalue weighted by molar-refractivity contribution is -0.130. The fourth-order valence-electron chi connectivity index (χ4n) is 6.71. The zero-order chi connectivity index (χ0) is 21.1. The third-order valence-corrected chi connectivity index (χ3v) is 8.53. The topological polar surface area (TPSA) is 60.4 Å². The minimum Gasteiger partial charge on any atom is -0.419 e. The normalized spacial score (nSPS) is 37.5. The van der Waals surface area contributed by atoms with E-state index in [1.165, 1.54) is 0 Å². The van der Waals surface area contributed by atoms with E-state index in [4.69, 9.17) is 4.74 Å². The summed E-state index contributed by atoms with van der Waals surface area (Å²) >= 11 is 0. The molecule has 1 aromatic rings. The van der Waals surface area contributed by atoms with Crippen molar-refractivity contribution in [2.45, 2.75) is 52.4 Å². The van der Waals surface area contributed by atoms with Crippen LogP contribution in [0.2, 0.25) is 0 Å². The minimum atomic E-state index is -0.483. The number of hydrogen-bond donors (Lipinski definition) is 0. The van der Waals surface area contributed by atoms with Gasteiger partial charge in [0.1, 0.15) is 5.78 Å². The van der Waals surface area contributed by atoms with Crippen LogP contribution in [-0.4, -0.2) is 17.5 Å². The molecule has 4 nitrogen and oxygen atoms in total. The molecule has 0 saturated heterocycles. The Bertz CT molecular complexity index is 988. The molecule has 2 saturated carbocycles. The van der Waals surface area contributed by atoms with Gasteiger partial charge >= 0.3 is 5.97 Å². The number of ketones is 2. The van der Waals surface area contributed by atoms with Gasteiger partial charge in [0, 0.05) is 29.2 Å². The summed E-state index contributed by atoms with van der Waals surface area (Å²) in [5.41, 5.74) is 0.918. The number of carbonyl (C=O) groups excluding carboxylic acids is 3. The SMILES string of the molecule is C[C@]12CCC(=O)C(OC(=O)c3ccccc3)=C1C=C[C@@H]1[C@@H]2CC[C@]2(C)C(=O)CC[C@@H]12. The van der Waals surface area contributed by atoms with Gasteiger partial charge in [-0.25, -0.2) is 4.79 Å². The number of benzene rings is 1. The van der Waals surface area contributed by atoms with Crippen LogP contribution >= 0.6 is 0 Å². The van der Waals surface area contributed by atoms with Crippen molar-refractivity contribution in [3.8, 4) is 0 Å². The Morgan fingerprint density at radius 1 is 0.967 bits per heavy atom. The van der Waals surface area contributed by atoms with Crippen LogP contribution in [0.25, 0.3) is 0 Å². The van der Waals surface area contributed by atoms with Crippen LogP contribution in [0, 0.1) is 28.6 Å². The van der Waals surface area contributed by atoms with Crippen LogP contribution in [0.3, 0.4) is 0 Å². The lowest BCUT2D eigenvalue weighted by Gasteiger charge is -2.54. The van der Waals surface area contributed by atoms with Crippen LogP contribution < -0.4 is 0 Å². The highest BCUT2D eigenvalue weighted by atomic mass is 16.5. The molecule has 0 spiro atoms. The summed E-state index contributed by atoms with van der Waals surface area (Å²) in [6, 6.07) is 8.82. The molecule has 0 aliphatic heterocycles. The maximum Gasteiger partial charge on any atom is 0.343 e. The van der Waals surface area contributed by atoms with Crippen LogP contribution in [0.1, 0.15) is 62.7 Å². The third kappa shape index (κ3) is 2.69. The van der Waals surface area contributed by atoms with Crippen molar-refractivity contribution in [2.24, 2.45) is 28.6 Å². The fourth-order valence-corrected chi connectivity index (χ4v) is 6.71. The lowest BCUT2D eigenvalue weighted by atomic mass is 9.49. The largest absolute Gasteiger partial charge is 0.419 e. The first-order valence-electron chi connectivity index (χ1n) is 11.1. The van der Waals surface area contributed by atoms with Gasteiger partial charge in [-0.15, -0.1) is 0 Å². The highest BCUT2D eigenvalue weighted by Crippen LogP contribution is 2.63. The standard InChI is InChI=1S/C26H28O4/c1-25-15-13-21(27)23(30-24(29)16-6-4-3-5-7-16)20(25)9-8-17-18-10-11-22(28)26(18,2)14-12-19(17)25/h3-9,17-19H,10-15H2,1-2H3/t17-,18-,19-,25+,26-/m0/s1. The maximum absolute atomic E-state index is 12.8. The molecule has 0 aromatic heterocycles. The molecule has 0 amide bonds. The average molecular weight is 405 g/mol. The van der Waals surface area contributed by atoms with Crippen molar-refractivity contribution in [3.63, 3.8) is 0 Å². The minimum absolute atomic E-state index is 0.0912. The highest BCUT2D eigenvalue weighted by Gasteiger charge is 2.58. The van der Waals surface area contributed by atoms with Crippen LogP contribution in [0.4, 0.5) is 0 Å². The Labute approximate surface area is 177 Å². The van der Waals surface area contributed by atoms with Crippen molar-refractivity contribution in [1.29, 1.82) is 0 Å². The Balaban J connectivity index is 1.53. The van der Waals surface area contributed by atoms with Gasteiger partial charge in [-0.1, -0.05) is 44.2 Å². The Morgan fingerprint density at radius 2 is 1.70 bits per heavy atom. The number of ether oxygens (including phenoxy) is 1. The molecule has 4 aliphatic carbocycles. The number of allylic oxidation sites excluding steroid dienone is 4. The summed E-state index contributed by atoms with van der Waals surface area (Å²) in [4.78, 5) is 38.0. The second-order valence-corrected chi connectivity index (χ2v) is 9.91. The van der Waals surface area contributed by atoms with Gasteiger partial charge in [0.05, 0.1) is 5.56 Å². The van der Waals surface area contributed by atoms with Crippen LogP contribution in [-0.2, 0) is 14.3 Å². The van der Waals surface area contributed by atoms with Crippen molar-refractivity contribution < 1.29 is 19.1 Å². The van der Waals surface area contributed by atoms with E-state index >= 15 is 0 Å². The highest BCUT2D eigenvalue weighted by molar-refractivity contribution is 6.00. The number of fused-ring (bicyclic) bond motifs is 5. The predicted octanol–water partition coefficient (Wildman–Crippen LogP) is 5.05. The van der Waals surface area contributed by atoms with Gasteiger partial charge in [-0.3, -0.25) is 9.59 Å². The van der Waals surface area contributed by atoms with Crippen molar-refractivity contribution in [3.05, 3.63) is 59.4 Å². The zero-order valence-electron chi connectivity index (χ0n) is 17.6. The molecule has 0 radical (unpaired) electrons.